The number of nitrogens with zero attached hydrogens (tertiary/aromatic N) is 2. The van der Waals surface area contributed by atoms with Gasteiger partial charge in [0.1, 0.15) is 0 Å². The van der Waals surface area contributed by atoms with Gasteiger partial charge in [0.2, 0.25) is 0 Å². The first-order valence-corrected chi connectivity index (χ1v) is 26.7. The molecule has 0 fully saturated rings. The van der Waals surface area contributed by atoms with Crippen LogP contribution in [-0.4, -0.2) is 4.57 Å². The van der Waals surface area contributed by atoms with E-state index < -0.39 is 5.41 Å². The molecule has 0 N–H and O–H groups in total. The van der Waals surface area contributed by atoms with Crippen molar-refractivity contribution in [3.05, 3.63) is 313 Å². The Morgan fingerprint density at radius 2 is 0.649 bits per heavy atom. The zero-order valence-corrected chi connectivity index (χ0v) is 42.1. The minimum atomic E-state index is -0.467. The van der Waals surface area contributed by atoms with Crippen molar-refractivity contribution in [2.24, 2.45) is 0 Å². The van der Waals surface area contributed by atoms with Gasteiger partial charge in [0.15, 0.2) is 0 Å². The fourth-order valence-electron chi connectivity index (χ4n) is 13.6. The van der Waals surface area contributed by atoms with Gasteiger partial charge in [0, 0.05) is 33.5 Å². The molecule has 2 aliphatic rings. The molecule has 0 aliphatic heterocycles. The van der Waals surface area contributed by atoms with E-state index >= 15 is 0 Å². The third-order valence-corrected chi connectivity index (χ3v) is 16.8. The molecule has 1 spiro atoms. The second-order valence-electron chi connectivity index (χ2n) is 20.7. The molecule has 0 saturated heterocycles. The fourth-order valence-corrected chi connectivity index (χ4v) is 13.6. The highest BCUT2D eigenvalue weighted by atomic mass is 15.1. The minimum absolute atomic E-state index is 0.467. The molecule has 0 radical (unpaired) electrons. The van der Waals surface area contributed by atoms with E-state index in [-0.39, 0.29) is 0 Å². The summed E-state index contributed by atoms with van der Waals surface area (Å²) in [5.41, 5.74) is 24.2. The van der Waals surface area contributed by atoms with Crippen molar-refractivity contribution in [1.82, 2.24) is 4.57 Å². The van der Waals surface area contributed by atoms with Crippen molar-refractivity contribution in [3.8, 4) is 61.3 Å². The van der Waals surface area contributed by atoms with Gasteiger partial charge >= 0.3 is 0 Å². The molecular formula is C75H48N2. The van der Waals surface area contributed by atoms with Crippen LogP contribution in [0.5, 0.6) is 0 Å². The van der Waals surface area contributed by atoms with E-state index in [9.17, 15) is 0 Å². The molecule has 1 aromatic heterocycles. The fraction of sp³-hybridized carbons (Fsp3) is 0.0133. The Labute approximate surface area is 447 Å². The van der Waals surface area contributed by atoms with Crippen LogP contribution in [0.1, 0.15) is 22.3 Å². The van der Waals surface area contributed by atoms with Gasteiger partial charge in [-0.3, -0.25) is 0 Å². The average molecular weight is 977 g/mol. The maximum Gasteiger partial charge on any atom is 0.0726 e. The summed E-state index contributed by atoms with van der Waals surface area (Å²) >= 11 is 0. The molecule has 0 atom stereocenters. The summed E-state index contributed by atoms with van der Waals surface area (Å²) in [6.45, 7) is 0. The van der Waals surface area contributed by atoms with Crippen molar-refractivity contribution >= 4 is 60.4 Å². The van der Waals surface area contributed by atoms with Crippen molar-refractivity contribution in [2.75, 3.05) is 4.90 Å². The largest absolute Gasteiger partial charge is 0.310 e. The molecule has 77 heavy (non-hydrogen) atoms. The quantitative estimate of drug-likeness (QED) is 0.145. The van der Waals surface area contributed by atoms with Gasteiger partial charge in [-0.15, -0.1) is 0 Å². The molecule has 0 saturated carbocycles. The highest BCUT2D eigenvalue weighted by molar-refractivity contribution is 6.21. The van der Waals surface area contributed by atoms with Crippen LogP contribution in [0.2, 0.25) is 0 Å². The van der Waals surface area contributed by atoms with Gasteiger partial charge in [0.05, 0.1) is 16.4 Å². The van der Waals surface area contributed by atoms with Crippen LogP contribution in [-0.2, 0) is 5.41 Å². The maximum absolute atomic E-state index is 2.50. The number of fused-ring (bicyclic) bond motifs is 15. The Morgan fingerprint density at radius 3 is 1.21 bits per heavy atom. The van der Waals surface area contributed by atoms with Gasteiger partial charge < -0.3 is 9.47 Å². The highest BCUT2D eigenvalue weighted by Gasteiger charge is 2.51. The summed E-state index contributed by atoms with van der Waals surface area (Å²) in [5.74, 6) is 0. The molecule has 1 heterocycles. The van der Waals surface area contributed by atoms with Crippen LogP contribution in [0.15, 0.2) is 291 Å². The molecule has 16 rings (SSSR count). The van der Waals surface area contributed by atoms with Gasteiger partial charge in [-0.05, 0) is 166 Å². The predicted molar refractivity (Wildman–Crippen MR) is 323 cm³/mol. The summed E-state index contributed by atoms with van der Waals surface area (Å²) in [7, 11) is 0. The van der Waals surface area contributed by atoms with Gasteiger partial charge in [-0.2, -0.15) is 0 Å². The van der Waals surface area contributed by atoms with E-state index in [2.05, 4.69) is 301 Å². The minimum Gasteiger partial charge on any atom is -0.310 e. The summed E-state index contributed by atoms with van der Waals surface area (Å²) < 4.78 is 2.38. The van der Waals surface area contributed by atoms with Crippen molar-refractivity contribution in [2.45, 2.75) is 5.41 Å². The van der Waals surface area contributed by atoms with Crippen molar-refractivity contribution in [3.63, 3.8) is 0 Å². The molecule has 0 amide bonds. The number of hydrogen-bond donors (Lipinski definition) is 0. The van der Waals surface area contributed by atoms with Crippen LogP contribution in [0.3, 0.4) is 0 Å². The van der Waals surface area contributed by atoms with Crippen molar-refractivity contribution < 1.29 is 0 Å². The SMILES string of the molecule is c1ccc(-c2c3ccccc3c(-c3ccc(N(c4ccc(-c5ccc6c(c5)c5ccccc5n6-c5ccccc5)cc4)c4ccc5c(c4)C4(c6ccccc6-c6ccccc64)c4ccccc4-5)cc3)c3ccccc23)cc1. The van der Waals surface area contributed by atoms with Crippen LogP contribution in [0, 0.1) is 0 Å². The molecule has 0 unspecified atom stereocenters. The monoisotopic (exact) mass is 976 g/mol. The van der Waals surface area contributed by atoms with E-state index in [1.54, 1.807) is 0 Å². The number of benzene rings is 13. The van der Waals surface area contributed by atoms with E-state index in [4.69, 9.17) is 0 Å². The van der Waals surface area contributed by atoms with E-state index in [0.717, 1.165) is 22.7 Å². The zero-order chi connectivity index (χ0) is 50.6. The lowest BCUT2D eigenvalue weighted by atomic mass is 9.70. The van der Waals surface area contributed by atoms with Crippen LogP contribution >= 0.6 is 0 Å². The molecule has 2 nitrogen and oxygen atoms in total. The number of aromatic nitrogens is 1. The predicted octanol–water partition coefficient (Wildman–Crippen LogP) is 19.9. The smallest absolute Gasteiger partial charge is 0.0726 e. The van der Waals surface area contributed by atoms with Gasteiger partial charge in [-0.25, -0.2) is 0 Å². The standard InChI is InChI=1S/C75H48N2/c1-3-19-50(20-4-1)73-62-27-7-9-29-64(62)74(65-30-10-8-28-63(65)73)51-37-42-55(43-38-51)76(54-40-35-49(36-41-54)52-39-46-72-66(47-52)61-26-14-18-34-71(61)77(72)53-21-5-2-6-22-53)56-44-45-60-59-25-13-17-33-69(59)75(70(60)48-56)67-31-15-11-23-57(67)58-24-12-16-32-68(58)75/h1-48H. The molecule has 14 aromatic rings. The third kappa shape index (κ3) is 6.37. The molecule has 358 valence electrons. The second-order valence-corrected chi connectivity index (χ2v) is 20.7. The molecule has 2 heteroatoms. The maximum atomic E-state index is 2.50. The first-order chi connectivity index (χ1) is 38.2. The number of rotatable bonds is 7. The summed E-state index contributed by atoms with van der Waals surface area (Å²) in [4.78, 5) is 2.46. The lowest BCUT2D eigenvalue weighted by Crippen LogP contribution is -2.26. The van der Waals surface area contributed by atoms with Gasteiger partial charge in [0.25, 0.3) is 0 Å². The number of para-hydroxylation sites is 2. The number of hydrogen-bond acceptors (Lipinski definition) is 1. The summed E-state index contributed by atoms with van der Waals surface area (Å²) in [6, 6.07) is 108. The average Bonchev–Trinajstić information content (AvgIpc) is 4.26. The van der Waals surface area contributed by atoms with E-state index in [1.165, 1.54) is 121 Å². The summed E-state index contributed by atoms with van der Waals surface area (Å²) in [6.07, 6.45) is 0. The number of anilines is 3. The first-order valence-electron chi connectivity index (χ1n) is 26.7. The molecule has 2 aliphatic carbocycles. The normalized spacial score (nSPS) is 12.8. The zero-order valence-electron chi connectivity index (χ0n) is 42.1. The Bertz CT molecular complexity index is 4540. The molecule has 0 bridgehead atoms. The lowest BCUT2D eigenvalue weighted by Gasteiger charge is -2.32. The second kappa shape index (κ2) is 17.0. The summed E-state index contributed by atoms with van der Waals surface area (Å²) in [5, 5.41) is 7.48. The van der Waals surface area contributed by atoms with E-state index in [0.29, 0.717) is 0 Å². The lowest BCUT2D eigenvalue weighted by molar-refractivity contribution is 0.793. The van der Waals surface area contributed by atoms with Crippen LogP contribution in [0.4, 0.5) is 17.1 Å². The Balaban J connectivity index is 0.874. The Morgan fingerprint density at radius 1 is 0.247 bits per heavy atom. The van der Waals surface area contributed by atoms with Crippen LogP contribution < -0.4 is 4.90 Å². The van der Waals surface area contributed by atoms with Crippen LogP contribution in [0.25, 0.3) is 105 Å². The first kappa shape index (κ1) is 43.4. The van der Waals surface area contributed by atoms with E-state index in [1.807, 2.05) is 0 Å². The van der Waals surface area contributed by atoms with Crippen molar-refractivity contribution in [1.29, 1.82) is 0 Å². The Hall–Kier alpha value is -10.0. The third-order valence-electron chi connectivity index (χ3n) is 16.8. The Kier molecular flexibility index (Phi) is 9.58. The topological polar surface area (TPSA) is 8.17 Å². The molecule has 13 aromatic carbocycles. The van der Waals surface area contributed by atoms with Gasteiger partial charge in [-0.1, -0.05) is 224 Å². The molecular weight excluding hydrogens is 929 g/mol. The highest BCUT2D eigenvalue weighted by Crippen LogP contribution is 2.63.